The van der Waals surface area contributed by atoms with Crippen LogP contribution in [0.5, 0.6) is 0 Å². The summed E-state index contributed by atoms with van der Waals surface area (Å²) < 4.78 is 0. The number of hydrogen-bond acceptors (Lipinski definition) is 2. The molecule has 1 unspecified atom stereocenters. The second-order valence-corrected chi connectivity index (χ2v) is 4.04. The first kappa shape index (κ1) is 9.01. The fraction of sp³-hybridized carbons (Fsp3) is 1.00. The SMILES string of the molecule is CC(C)CC(O)CC1CNC1. The summed E-state index contributed by atoms with van der Waals surface area (Å²) >= 11 is 0. The van der Waals surface area contributed by atoms with Crippen LogP contribution in [0.3, 0.4) is 0 Å². The zero-order valence-corrected chi connectivity index (χ0v) is 7.51. The van der Waals surface area contributed by atoms with Crippen LogP contribution >= 0.6 is 0 Å². The second-order valence-electron chi connectivity index (χ2n) is 4.04. The fourth-order valence-electron chi connectivity index (χ4n) is 1.54. The summed E-state index contributed by atoms with van der Waals surface area (Å²) in [4.78, 5) is 0. The summed E-state index contributed by atoms with van der Waals surface area (Å²) in [7, 11) is 0. The molecule has 0 aliphatic carbocycles. The quantitative estimate of drug-likeness (QED) is 0.638. The molecular weight excluding hydrogens is 138 g/mol. The summed E-state index contributed by atoms with van der Waals surface area (Å²) in [6, 6.07) is 0. The molecule has 0 radical (unpaired) electrons. The van der Waals surface area contributed by atoms with Crippen molar-refractivity contribution in [2.45, 2.75) is 32.8 Å². The van der Waals surface area contributed by atoms with E-state index in [4.69, 9.17) is 0 Å². The van der Waals surface area contributed by atoms with Crippen LogP contribution in [0.2, 0.25) is 0 Å². The third kappa shape index (κ3) is 3.21. The molecule has 1 fully saturated rings. The van der Waals surface area contributed by atoms with E-state index >= 15 is 0 Å². The average Bonchev–Trinajstić information content (AvgIpc) is 1.77. The highest BCUT2D eigenvalue weighted by molar-refractivity contribution is 4.77. The van der Waals surface area contributed by atoms with Gasteiger partial charge in [-0.1, -0.05) is 13.8 Å². The van der Waals surface area contributed by atoms with Crippen LogP contribution in [0, 0.1) is 11.8 Å². The van der Waals surface area contributed by atoms with Crippen molar-refractivity contribution in [1.29, 1.82) is 0 Å². The first-order chi connectivity index (χ1) is 5.18. The maximum atomic E-state index is 9.53. The van der Waals surface area contributed by atoms with E-state index in [1.54, 1.807) is 0 Å². The van der Waals surface area contributed by atoms with Gasteiger partial charge in [-0.05, 0) is 37.8 Å². The van der Waals surface area contributed by atoms with E-state index in [0.29, 0.717) is 5.92 Å². The molecule has 0 aromatic heterocycles. The van der Waals surface area contributed by atoms with Crippen molar-refractivity contribution >= 4 is 0 Å². The van der Waals surface area contributed by atoms with Crippen molar-refractivity contribution in [3.05, 3.63) is 0 Å². The van der Waals surface area contributed by atoms with Gasteiger partial charge in [0.2, 0.25) is 0 Å². The third-order valence-electron chi connectivity index (χ3n) is 2.21. The molecule has 2 N–H and O–H groups in total. The first-order valence-corrected chi connectivity index (χ1v) is 4.57. The van der Waals surface area contributed by atoms with E-state index in [-0.39, 0.29) is 6.10 Å². The molecule has 1 rings (SSSR count). The largest absolute Gasteiger partial charge is 0.393 e. The van der Waals surface area contributed by atoms with Crippen LogP contribution in [-0.2, 0) is 0 Å². The van der Waals surface area contributed by atoms with E-state index < -0.39 is 0 Å². The summed E-state index contributed by atoms with van der Waals surface area (Å²) in [5, 5.41) is 12.7. The minimum absolute atomic E-state index is 0.0675. The van der Waals surface area contributed by atoms with Crippen LogP contribution in [-0.4, -0.2) is 24.3 Å². The van der Waals surface area contributed by atoms with Gasteiger partial charge in [0.15, 0.2) is 0 Å². The molecule has 0 saturated carbocycles. The Labute approximate surface area is 69.0 Å². The molecule has 2 nitrogen and oxygen atoms in total. The summed E-state index contributed by atoms with van der Waals surface area (Å²) in [6.45, 7) is 6.52. The Kier molecular flexibility index (Phi) is 3.34. The molecule has 0 bridgehead atoms. The molecule has 1 aliphatic rings. The molecule has 66 valence electrons. The Balaban J connectivity index is 2.04. The van der Waals surface area contributed by atoms with Crippen LogP contribution in [0.25, 0.3) is 0 Å². The standard InChI is InChI=1S/C9H19NO/c1-7(2)3-9(11)4-8-5-10-6-8/h7-11H,3-6H2,1-2H3. The van der Waals surface area contributed by atoms with E-state index in [2.05, 4.69) is 19.2 Å². The molecular formula is C9H19NO. The lowest BCUT2D eigenvalue weighted by atomic mass is 9.92. The van der Waals surface area contributed by atoms with Crippen LogP contribution < -0.4 is 5.32 Å². The topological polar surface area (TPSA) is 32.3 Å². The number of nitrogens with one attached hydrogen (secondary N) is 1. The van der Waals surface area contributed by atoms with Gasteiger partial charge in [-0.15, -0.1) is 0 Å². The third-order valence-corrected chi connectivity index (χ3v) is 2.21. The van der Waals surface area contributed by atoms with Crippen molar-refractivity contribution < 1.29 is 5.11 Å². The molecule has 0 amide bonds. The Bertz CT molecular complexity index is 110. The van der Waals surface area contributed by atoms with Crippen molar-refractivity contribution in [2.24, 2.45) is 11.8 Å². The smallest absolute Gasteiger partial charge is 0.0546 e. The first-order valence-electron chi connectivity index (χ1n) is 4.57. The molecule has 1 heterocycles. The monoisotopic (exact) mass is 157 g/mol. The van der Waals surface area contributed by atoms with Gasteiger partial charge in [-0.25, -0.2) is 0 Å². The van der Waals surface area contributed by atoms with Gasteiger partial charge in [-0.2, -0.15) is 0 Å². The van der Waals surface area contributed by atoms with Gasteiger partial charge < -0.3 is 10.4 Å². The average molecular weight is 157 g/mol. The number of hydrogen-bond donors (Lipinski definition) is 2. The van der Waals surface area contributed by atoms with Gasteiger partial charge in [0, 0.05) is 0 Å². The van der Waals surface area contributed by atoms with Gasteiger partial charge in [0.25, 0.3) is 0 Å². The van der Waals surface area contributed by atoms with E-state index in [1.807, 2.05) is 0 Å². The van der Waals surface area contributed by atoms with Gasteiger partial charge >= 0.3 is 0 Å². The minimum atomic E-state index is -0.0675. The summed E-state index contributed by atoms with van der Waals surface area (Å²) in [5.41, 5.74) is 0. The normalized spacial score (nSPS) is 21.8. The number of aliphatic hydroxyl groups is 1. The highest BCUT2D eigenvalue weighted by Gasteiger charge is 2.20. The predicted octanol–water partition coefficient (Wildman–Crippen LogP) is 1.00. The Morgan fingerprint density at radius 2 is 2.09 bits per heavy atom. The molecule has 0 aromatic carbocycles. The second kappa shape index (κ2) is 4.07. The van der Waals surface area contributed by atoms with Crippen LogP contribution in [0.15, 0.2) is 0 Å². The van der Waals surface area contributed by atoms with Crippen LogP contribution in [0.1, 0.15) is 26.7 Å². The van der Waals surface area contributed by atoms with Crippen molar-refractivity contribution in [1.82, 2.24) is 5.32 Å². The fourth-order valence-corrected chi connectivity index (χ4v) is 1.54. The minimum Gasteiger partial charge on any atom is -0.393 e. The Morgan fingerprint density at radius 1 is 1.45 bits per heavy atom. The Hall–Kier alpha value is -0.0800. The molecule has 0 aromatic rings. The highest BCUT2D eigenvalue weighted by atomic mass is 16.3. The lowest BCUT2D eigenvalue weighted by Crippen LogP contribution is -2.43. The molecule has 2 heteroatoms. The lowest BCUT2D eigenvalue weighted by molar-refractivity contribution is 0.106. The van der Waals surface area contributed by atoms with Crippen LogP contribution in [0.4, 0.5) is 0 Å². The van der Waals surface area contributed by atoms with E-state index in [9.17, 15) is 5.11 Å². The molecule has 1 atom stereocenters. The highest BCUT2D eigenvalue weighted by Crippen LogP contribution is 2.16. The summed E-state index contributed by atoms with van der Waals surface area (Å²) in [5.74, 6) is 1.36. The van der Waals surface area contributed by atoms with Gasteiger partial charge in [0.05, 0.1) is 6.10 Å². The zero-order valence-electron chi connectivity index (χ0n) is 7.51. The predicted molar refractivity (Wildman–Crippen MR) is 46.4 cm³/mol. The van der Waals surface area contributed by atoms with Gasteiger partial charge in [-0.3, -0.25) is 0 Å². The zero-order chi connectivity index (χ0) is 8.27. The lowest BCUT2D eigenvalue weighted by Gasteiger charge is -2.29. The number of aliphatic hydroxyl groups excluding tert-OH is 1. The molecule has 1 aliphatic heterocycles. The van der Waals surface area contributed by atoms with E-state index in [1.165, 1.54) is 0 Å². The van der Waals surface area contributed by atoms with Crippen molar-refractivity contribution in [2.75, 3.05) is 13.1 Å². The molecule has 11 heavy (non-hydrogen) atoms. The van der Waals surface area contributed by atoms with Crippen molar-refractivity contribution in [3.63, 3.8) is 0 Å². The molecule has 0 spiro atoms. The molecule has 1 saturated heterocycles. The van der Waals surface area contributed by atoms with Crippen molar-refractivity contribution in [3.8, 4) is 0 Å². The number of rotatable bonds is 4. The Morgan fingerprint density at radius 3 is 2.45 bits per heavy atom. The van der Waals surface area contributed by atoms with Gasteiger partial charge in [0.1, 0.15) is 0 Å². The van der Waals surface area contributed by atoms with E-state index in [0.717, 1.165) is 31.8 Å². The summed E-state index contributed by atoms with van der Waals surface area (Å²) in [6.07, 6.45) is 1.88. The maximum absolute atomic E-state index is 9.53. The maximum Gasteiger partial charge on any atom is 0.0546 e.